The van der Waals surface area contributed by atoms with Gasteiger partial charge in [-0.1, -0.05) is 11.3 Å². The molecule has 1 amide bonds. The zero-order chi connectivity index (χ0) is 14.0. The van der Waals surface area contributed by atoms with Crippen LogP contribution in [-0.4, -0.2) is 30.3 Å². The summed E-state index contributed by atoms with van der Waals surface area (Å²) < 4.78 is 19.6. The summed E-state index contributed by atoms with van der Waals surface area (Å²) in [4.78, 5) is 25.4. The standard InChI is InChI=1S/C9H7N3O5S2/c13-8(4-19(16)17)11-9-10-6-2-1-5(12(14)15)3-7(6)18-9/h1-3H,4H2,(H,16,17)(H,10,11,13). The van der Waals surface area contributed by atoms with Crippen LogP contribution in [0.5, 0.6) is 0 Å². The Hall–Kier alpha value is -1.91. The number of nitrogens with zero attached hydrogens (tertiary/aromatic N) is 2. The lowest BCUT2D eigenvalue weighted by Crippen LogP contribution is -2.18. The highest BCUT2D eigenvalue weighted by Gasteiger charge is 2.12. The first kappa shape index (κ1) is 13.5. The lowest BCUT2D eigenvalue weighted by atomic mass is 10.3. The minimum absolute atomic E-state index is 0.0644. The van der Waals surface area contributed by atoms with E-state index in [-0.39, 0.29) is 10.8 Å². The Balaban J connectivity index is 2.24. The summed E-state index contributed by atoms with van der Waals surface area (Å²) in [7, 11) is 0. The second-order valence-electron chi connectivity index (χ2n) is 3.44. The summed E-state index contributed by atoms with van der Waals surface area (Å²) >= 11 is -1.17. The Morgan fingerprint density at radius 2 is 2.32 bits per heavy atom. The van der Waals surface area contributed by atoms with Gasteiger partial charge in [-0.05, 0) is 6.07 Å². The largest absolute Gasteiger partial charge is 0.306 e. The van der Waals surface area contributed by atoms with E-state index in [1.54, 1.807) is 0 Å². The van der Waals surface area contributed by atoms with Crippen LogP contribution >= 0.6 is 11.3 Å². The van der Waals surface area contributed by atoms with Gasteiger partial charge in [-0.2, -0.15) is 0 Å². The third-order valence-electron chi connectivity index (χ3n) is 2.08. The van der Waals surface area contributed by atoms with Gasteiger partial charge < -0.3 is 9.87 Å². The number of fused-ring (bicyclic) bond motifs is 1. The molecule has 1 heterocycles. The second kappa shape index (κ2) is 5.38. The highest BCUT2D eigenvalue weighted by molar-refractivity contribution is 7.80. The number of carbonyl (C=O) groups is 1. The third-order valence-corrected chi connectivity index (χ3v) is 3.53. The molecule has 0 spiro atoms. The van der Waals surface area contributed by atoms with Crippen molar-refractivity contribution in [3.8, 4) is 0 Å². The van der Waals surface area contributed by atoms with Gasteiger partial charge in [0.1, 0.15) is 5.75 Å². The van der Waals surface area contributed by atoms with Crippen molar-refractivity contribution in [1.29, 1.82) is 0 Å². The van der Waals surface area contributed by atoms with Crippen molar-refractivity contribution >= 4 is 49.4 Å². The minimum atomic E-state index is -2.22. The Morgan fingerprint density at radius 3 is 2.95 bits per heavy atom. The SMILES string of the molecule is O=C(CS(=O)O)Nc1nc2ccc([N+](=O)[O-])cc2s1. The number of thiazole rings is 1. The molecule has 2 rings (SSSR count). The van der Waals surface area contributed by atoms with Crippen LogP contribution in [0.25, 0.3) is 10.2 Å². The van der Waals surface area contributed by atoms with E-state index >= 15 is 0 Å². The molecule has 0 aliphatic rings. The van der Waals surface area contributed by atoms with E-state index in [1.807, 2.05) is 0 Å². The maximum absolute atomic E-state index is 11.3. The number of hydrogen-bond acceptors (Lipinski definition) is 6. The molecule has 19 heavy (non-hydrogen) atoms. The summed E-state index contributed by atoms with van der Waals surface area (Å²) in [5.74, 6) is -1.19. The molecule has 0 saturated heterocycles. The molecule has 0 radical (unpaired) electrons. The minimum Gasteiger partial charge on any atom is -0.306 e. The molecule has 1 atom stereocenters. The predicted octanol–water partition coefficient (Wildman–Crippen LogP) is 1.36. The third kappa shape index (κ3) is 3.30. The topological polar surface area (TPSA) is 122 Å². The zero-order valence-corrected chi connectivity index (χ0v) is 10.9. The number of rotatable bonds is 4. The van der Waals surface area contributed by atoms with Gasteiger partial charge in [0.05, 0.1) is 15.1 Å². The lowest BCUT2D eigenvalue weighted by Gasteiger charge is -1.96. The Bertz CT molecular complexity index is 684. The van der Waals surface area contributed by atoms with Crippen molar-refractivity contribution in [2.24, 2.45) is 0 Å². The molecule has 1 aromatic carbocycles. The summed E-state index contributed by atoms with van der Waals surface area (Å²) in [5.41, 5.74) is 0.446. The Labute approximate surface area is 112 Å². The molecule has 0 saturated carbocycles. The van der Waals surface area contributed by atoms with Crippen LogP contribution in [-0.2, 0) is 15.9 Å². The van der Waals surface area contributed by atoms with E-state index in [4.69, 9.17) is 4.55 Å². The first-order valence-electron chi connectivity index (χ1n) is 4.88. The number of nitro groups is 1. The molecule has 10 heteroatoms. The summed E-state index contributed by atoms with van der Waals surface area (Å²) in [6, 6.07) is 4.15. The molecule has 0 aliphatic heterocycles. The molecule has 1 aromatic heterocycles. The highest BCUT2D eigenvalue weighted by atomic mass is 32.2. The van der Waals surface area contributed by atoms with E-state index in [9.17, 15) is 19.1 Å². The number of benzene rings is 1. The van der Waals surface area contributed by atoms with Crippen LogP contribution in [0, 0.1) is 10.1 Å². The molecule has 0 bridgehead atoms. The lowest BCUT2D eigenvalue weighted by molar-refractivity contribution is -0.384. The fourth-order valence-electron chi connectivity index (χ4n) is 1.35. The van der Waals surface area contributed by atoms with Gasteiger partial charge in [0.15, 0.2) is 16.2 Å². The number of non-ortho nitro benzene ring substituents is 1. The first-order chi connectivity index (χ1) is 8.95. The molecular weight excluding hydrogens is 294 g/mol. The monoisotopic (exact) mass is 301 g/mol. The molecule has 8 nitrogen and oxygen atoms in total. The van der Waals surface area contributed by atoms with Crippen LogP contribution in [0.2, 0.25) is 0 Å². The Morgan fingerprint density at radius 1 is 1.58 bits per heavy atom. The molecular formula is C9H7N3O5S2. The molecule has 2 aromatic rings. The quantitative estimate of drug-likeness (QED) is 0.499. The van der Waals surface area contributed by atoms with E-state index < -0.39 is 27.7 Å². The first-order valence-corrected chi connectivity index (χ1v) is 6.97. The van der Waals surface area contributed by atoms with Crippen LogP contribution in [0.1, 0.15) is 0 Å². The van der Waals surface area contributed by atoms with Crippen molar-refractivity contribution in [1.82, 2.24) is 4.98 Å². The smallest absolute Gasteiger partial charge is 0.270 e. The van der Waals surface area contributed by atoms with Gasteiger partial charge in [0.25, 0.3) is 5.69 Å². The van der Waals surface area contributed by atoms with Crippen molar-refractivity contribution in [3.63, 3.8) is 0 Å². The molecule has 2 N–H and O–H groups in total. The van der Waals surface area contributed by atoms with E-state index in [1.165, 1.54) is 18.2 Å². The average Bonchev–Trinajstić information content (AvgIpc) is 2.68. The maximum atomic E-state index is 11.3. The summed E-state index contributed by atoms with van der Waals surface area (Å²) in [6.07, 6.45) is 0. The number of carbonyl (C=O) groups excluding carboxylic acids is 1. The van der Waals surface area contributed by atoms with E-state index in [2.05, 4.69) is 10.3 Å². The molecule has 1 unspecified atom stereocenters. The summed E-state index contributed by atoms with van der Waals surface area (Å²) in [6.45, 7) is 0. The molecule has 100 valence electrons. The van der Waals surface area contributed by atoms with Crippen LogP contribution in [0.15, 0.2) is 18.2 Å². The van der Waals surface area contributed by atoms with Gasteiger partial charge in [0, 0.05) is 12.1 Å². The number of anilines is 1. The molecule has 0 aliphatic carbocycles. The fraction of sp³-hybridized carbons (Fsp3) is 0.111. The van der Waals surface area contributed by atoms with E-state index in [0.717, 1.165) is 11.3 Å². The summed E-state index contributed by atoms with van der Waals surface area (Å²) in [5, 5.41) is 13.2. The molecule has 0 fully saturated rings. The number of nitro benzene ring substituents is 1. The van der Waals surface area contributed by atoms with Crippen molar-refractivity contribution in [2.45, 2.75) is 0 Å². The number of aromatic nitrogens is 1. The van der Waals surface area contributed by atoms with Crippen LogP contribution < -0.4 is 5.32 Å². The van der Waals surface area contributed by atoms with Crippen molar-refractivity contribution in [2.75, 3.05) is 11.1 Å². The van der Waals surface area contributed by atoms with Crippen molar-refractivity contribution in [3.05, 3.63) is 28.3 Å². The number of nitrogens with one attached hydrogen (secondary N) is 1. The van der Waals surface area contributed by atoms with E-state index in [0.29, 0.717) is 10.2 Å². The predicted molar refractivity (Wildman–Crippen MR) is 70.5 cm³/mol. The average molecular weight is 301 g/mol. The normalized spacial score (nSPS) is 12.3. The fourth-order valence-corrected chi connectivity index (χ4v) is 2.56. The highest BCUT2D eigenvalue weighted by Crippen LogP contribution is 2.28. The van der Waals surface area contributed by atoms with Crippen LogP contribution in [0.3, 0.4) is 0 Å². The number of amides is 1. The van der Waals surface area contributed by atoms with Crippen LogP contribution in [0.4, 0.5) is 10.8 Å². The van der Waals surface area contributed by atoms with Crippen molar-refractivity contribution < 1.29 is 18.5 Å². The Kier molecular flexibility index (Phi) is 3.83. The van der Waals surface area contributed by atoms with Gasteiger partial charge >= 0.3 is 0 Å². The van der Waals surface area contributed by atoms with Gasteiger partial charge in [-0.25, -0.2) is 9.19 Å². The number of hydrogen-bond donors (Lipinski definition) is 2. The van der Waals surface area contributed by atoms with Gasteiger partial charge in [0.2, 0.25) is 5.91 Å². The maximum Gasteiger partial charge on any atom is 0.270 e. The van der Waals surface area contributed by atoms with Gasteiger partial charge in [-0.15, -0.1) is 0 Å². The zero-order valence-electron chi connectivity index (χ0n) is 9.23. The van der Waals surface area contributed by atoms with Gasteiger partial charge in [-0.3, -0.25) is 14.9 Å². The second-order valence-corrected chi connectivity index (χ2v) is 5.40.